The second-order valence-electron chi connectivity index (χ2n) is 8.88. The Morgan fingerprint density at radius 3 is 2.65 bits per heavy atom. The fraction of sp³-hybridized carbons (Fsp3) is 0.625. The molecule has 3 rings (SSSR count). The van der Waals surface area contributed by atoms with Crippen LogP contribution >= 0.6 is 11.8 Å². The van der Waals surface area contributed by atoms with E-state index in [1.165, 1.54) is 5.57 Å². The van der Waals surface area contributed by atoms with E-state index in [-0.39, 0.29) is 12.0 Å². The molecule has 2 fully saturated rings. The fourth-order valence-electron chi connectivity index (χ4n) is 4.82. The summed E-state index contributed by atoms with van der Waals surface area (Å²) in [5, 5.41) is 11.6. The maximum atomic E-state index is 12.4. The van der Waals surface area contributed by atoms with E-state index in [2.05, 4.69) is 19.9 Å². The minimum Gasteiger partial charge on any atom is -0.428 e. The van der Waals surface area contributed by atoms with Crippen molar-refractivity contribution in [3.05, 3.63) is 42.0 Å². The SMILES string of the molecule is COC1C(OC(=O)Oc2ccccc2)CCC(O)(CSC)C1C1(C)OC1CC=C(C)C. The lowest BCUT2D eigenvalue weighted by Gasteiger charge is -2.48. The summed E-state index contributed by atoms with van der Waals surface area (Å²) < 4.78 is 23.0. The van der Waals surface area contributed by atoms with Gasteiger partial charge in [0.1, 0.15) is 23.6 Å². The van der Waals surface area contributed by atoms with Crippen LogP contribution in [0.3, 0.4) is 0 Å². The van der Waals surface area contributed by atoms with E-state index in [1.807, 2.05) is 19.2 Å². The van der Waals surface area contributed by atoms with Gasteiger partial charge < -0.3 is 24.1 Å². The van der Waals surface area contributed by atoms with E-state index in [9.17, 15) is 9.90 Å². The van der Waals surface area contributed by atoms with E-state index in [4.69, 9.17) is 18.9 Å². The van der Waals surface area contributed by atoms with Crippen LogP contribution < -0.4 is 4.74 Å². The Morgan fingerprint density at radius 1 is 1.32 bits per heavy atom. The summed E-state index contributed by atoms with van der Waals surface area (Å²) in [4.78, 5) is 12.4. The minimum atomic E-state index is -0.974. The van der Waals surface area contributed by atoms with Crippen molar-refractivity contribution in [1.82, 2.24) is 0 Å². The van der Waals surface area contributed by atoms with Gasteiger partial charge in [-0.25, -0.2) is 4.79 Å². The normalized spacial score (nSPS) is 34.6. The van der Waals surface area contributed by atoms with Crippen molar-refractivity contribution in [2.75, 3.05) is 19.1 Å². The van der Waals surface area contributed by atoms with Gasteiger partial charge in [0, 0.05) is 18.8 Å². The van der Waals surface area contributed by atoms with Crippen molar-refractivity contribution in [2.24, 2.45) is 5.92 Å². The molecule has 0 spiro atoms. The van der Waals surface area contributed by atoms with Crippen LogP contribution in [-0.4, -0.2) is 59.9 Å². The number of carbonyl (C=O) groups is 1. The average molecular weight is 451 g/mol. The molecule has 1 N–H and O–H groups in total. The first-order chi connectivity index (χ1) is 14.7. The van der Waals surface area contributed by atoms with Crippen LogP contribution in [0.1, 0.15) is 40.0 Å². The van der Waals surface area contributed by atoms with Crippen molar-refractivity contribution in [2.45, 2.75) is 69.5 Å². The Bertz CT molecular complexity index is 780. The zero-order valence-electron chi connectivity index (χ0n) is 19.0. The first kappa shape index (κ1) is 24.1. The van der Waals surface area contributed by atoms with Gasteiger partial charge in [-0.2, -0.15) is 11.8 Å². The molecular weight excluding hydrogens is 416 g/mol. The minimum absolute atomic E-state index is 0.00606. The van der Waals surface area contributed by atoms with Gasteiger partial charge >= 0.3 is 6.16 Å². The Kier molecular flexibility index (Phi) is 7.73. The standard InChI is InChI=1S/C24H34O6S/c1-16(2)11-12-19-23(3,30-19)21-20(27-4)18(13-14-24(21,26)15-31-5)29-22(25)28-17-9-7-6-8-10-17/h6-11,18-21,26H,12-15H2,1-5H3. The molecule has 6 nitrogen and oxygen atoms in total. The van der Waals surface area contributed by atoms with E-state index in [0.29, 0.717) is 24.3 Å². The van der Waals surface area contributed by atoms with Gasteiger partial charge in [0.25, 0.3) is 0 Å². The summed E-state index contributed by atoms with van der Waals surface area (Å²) in [6, 6.07) is 8.82. The van der Waals surface area contributed by atoms with Gasteiger partial charge in [-0.3, -0.25) is 0 Å². The Hall–Kier alpha value is -1.54. The van der Waals surface area contributed by atoms with Gasteiger partial charge in [0.2, 0.25) is 0 Å². The first-order valence-corrected chi connectivity index (χ1v) is 12.1. The quantitative estimate of drug-likeness (QED) is 0.268. The van der Waals surface area contributed by atoms with Gasteiger partial charge in [-0.05, 0) is 58.4 Å². The molecule has 0 aromatic heterocycles. The van der Waals surface area contributed by atoms with Crippen LogP contribution in [0, 0.1) is 5.92 Å². The van der Waals surface area contributed by atoms with Crippen LogP contribution in [0.5, 0.6) is 5.75 Å². The zero-order chi connectivity index (χ0) is 22.6. The topological polar surface area (TPSA) is 77.5 Å². The van der Waals surface area contributed by atoms with Crippen LogP contribution in [0.15, 0.2) is 42.0 Å². The number of hydrogen-bond acceptors (Lipinski definition) is 7. The molecular formula is C24H34O6S. The molecule has 1 heterocycles. The predicted molar refractivity (Wildman–Crippen MR) is 122 cm³/mol. The summed E-state index contributed by atoms with van der Waals surface area (Å²) in [6.07, 6.45) is 4.09. The maximum absolute atomic E-state index is 12.4. The van der Waals surface area contributed by atoms with Crippen molar-refractivity contribution < 1.29 is 28.8 Å². The van der Waals surface area contributed by atoms with Gasteiger partial charge in [0.05, 0.1) is 11.7 Å². The molecule has 0 radical (unpaired) electrons. The van der Waals surface area contributed by atoms with Gasteiger partial charge in [0.15, 0.2) is 0 Å². The van der Waals surface area contributed by atoms with Crippen molar-refractivity contribution in [3.8, 4) is 5.75 Å². The molecule has 1 aliphatic heterocycles. The van der Waals surface area contributed by atoms with Crippen molar-refractivity contribution in [3.63, 3.8) is 0 Å². The third-order valence-corrected chi connectivity index (χ3v) is 7.12. The number of para-hydroxylation sites is 1. The molecule has 2 aliphatic rings. The van der Waals surface area contributed by atoms with Crippen LogP contribution in [-0.2, 0) is 14.2 Å². The first-order valence-electron chi connectivity index (χ1n) is 10.7. The molecule has 31 heavy (non-hydrogen) atoms. The number of carbonyl (C=O) groups excluding carboxylic acids is 1. The van der Waals surface area contributed by atoms with Gasteiger partial charge in [-0.1, -0.05) is 29.8 Å². The second kappa shape index (κ2) is 9.94. The highest BCUT2D eigenvalue weighted by Gasteiger charge is 2.67. The summed E-state index contributed by atoms with van der Waals surface area (Å²) in [5.74, 6) is 0.649. The molecule has 1 saturated heterocycles. The smallest absolute Gasteiger partial charge is 0.428 e. The second-order valence-corrected chi connectivity index (χ2v) is 9.75. The van der Waals surface area contributed by atoms with E-state index in [0.717, 1.165) is 6.42 Å². The van der Waals surface area contributed by atoms with Crippen molar-refractivity contribution in [1.29, 1.82) is 0 Å². The molecule has 1 saturated carbocycles. The molecule has 6 unspecified atom stereocenters. The average Bonchev–Trinajstić information content (AvgIpc) is 3.38. The Morgan fingerprint density at radius 2 is 2.03 bits per heavy atom. The number of rotatable bonds is 8. The summed E-state index contributed by atoms with van der Waals surface area (Å²) in [7, 11) is 1.60. The third kappa shape index (κ3) is 5.45. The monoisotopic (exact) mass is 450 g/mol. The highest BCUT2D eigenvalue weighted by Crippen LogP contribution is 2.55. The van der Waals surface area contributed by atoms with E-state index >= 15 is 0 Å². The highest BCUT2D eigenvalue weighted by molar-refractivity contribution is 7.98. The summed E-state index contributed by atoms with van der Waals surface area (Å²) in [6.45, 7) is 6.15. The van der Waals surface area contributed by atoms with Crippen LogP contribution in [0.4, 0.5) is 4.79 Å². The number of hydrogen-bond donors (Lipinski definition) is 1. The lowest BCUT2D eigenvalue weighted by Crippen LogP contribution is -2.61. The van der Waals surface area contributed by atoms with Gasteiger partial charge in [-0.15, -0.1) is 0 Å². The molecule has 172 valence electrons. The Balaban J connectivity index is 1.78. The number of thioether (sulfide) groups is 1. The number of methoxy groups -OCH3 is 1. The number of allylic oxidation sites excluding steroid dienone is 1. The molecule has 1 aromatic rings. The lowest BCUT2D eigenvalue weighted by atomic mass is 9.66. The maximum Gasteiger partial charge on any atom is 0.514 e. The highest BCUT2D eigenvalue weighted by atomic mass is 32.2. The fourth-order valence-corrected chi connectivity index (χ4v) is 5.64. The van der Waals surface area contributed by atoms with E-state index < -0.39 is 29.6 Å². The lowest BCUT2D eigenvalue weighted by molar-refractivity contribution is -0.172. The van der Waals surface area contributed by atoms with Crippen LogP contribution in [0.25, 0.3) is 0 Å². The largest absolute Gasteiger partial charge is 0.514 e. The predicted octanol–water partition coefficient (Wildman–Crippen LogP) is 4.60. The number of ether oxygens (including phenoxy) is 4. The molecule has 0 amide bonds. The van der Waals surface area contributed by atoms with Crippen molar-refractivity contribution >= 4 is 17.9 Å². The molecule has 1 aromatic carbocycles. The number of epoxide rings is 1. The number of benzene rings is 1. The third-order valence-electron chi connectivity index (χ3n) is 6.33. The summed E-state index contributed by atoms with van der Waals surface area (Å²) >= 11 is 1.60. The molecule has 1 aliphatic carbocycles. The van der Waals surface area contributed by atoms with Crippen LogP contribution in [0.2, 0.25) is 0 Å². The van der Waals surface area contributed by atoms with E-state index in [1.54, 1.807) is 43.1 Å². The number of aliphatic hydroxyl groups is 1. The Labute approximate surface area is 189 Å². The molecule has 6 atom stereocenters. The molecule has 7 heteroatoms. The summed E-state index contributed by atoms with van der Waals surface area (Å²) in [5.41, 5.74) is -0.297. The zero-order valence-corrected chi connectivity index (χ0v) is 19.8. The molecule has 0 bridgehead atoms.